The number of carbonyl (C=O) groups excluding carboxylic acids is 1. The third kappa shape index (κ3) is 4.76. The third-order valence-electron chi connectivity index (χ3n) is 5.21. The number of halogens is 1. The maximum Gasteiger partial charge on any atom is 0.222 e. The highest BCUT2D eigenvalue weighted by atomic mass is 35.5. The summed E-state index contributed by atoms with van der Waals surface area (Å²) in [4.78, 5) is 16.8. The molecule has 0 spiro atoms. The second-order valence-electron chi connectivity index (χ2n) is 8.14. The van der Waals surface area contributed by atoms with Crippen molar-refractivity contribution < 1.29 is 4.79 Å². The van der Waals surface area contributed by atoms with Crippen LogP contribution in [0.4, 0.5) is 0 Å². The molecule has 0 saturated carbocycles. The first kappa shape index (κ1) is 20.9. The molecule has 1 aromatic carbocycles. The summed E-state index contributed by atoms with van der Waals surface area (Å²) in [5.74, 6) is 0.523. The van der Waals surface area contributed by atoms with E-state index in [2.05, 4.69) is 25.7 Å². The van der Waals surface area contributed by atoms with Crippen molar-refractivity contribution in [3.63, 3.8) is 0 Å². The molecule has 0 atom stereocenters. The lowest BCUT2D eigenvalue weighted by Crippen LogP contribution is -2.33. The van der Waals surface area contributed by atoms with Gasteiger partial charge in [0.25, 0.3) is 0 Å². The number of hydrogen-bond donors (Lipinski definition) is 0. The molecule has 1 amide bonds. The van der Waals surface area contributed by atoms with E-state index in [9.17, 15) is 4.79 Å². The predicted molar refractivity (Wildman–Crippen MR) is 114 cm³/mol. The minimum Gasteiger partial charge on any atom is -0.340 e. The van der Waals surface area contributed by atoms with Gasteiger partial charge in [0, 0.05) is 43.6 Å². The van der Waals surface area contributed by atoms with Crippen LogP contribution >= 0.6 is 11.6 Å². The normalized spacial score (nSPS) is 14.4. The summed E-state index contributed by atoms with van der Waals surface area (Å²) in [6.07, 6.45) is 2.66. The Labute approximate surface area is 173 Å². The van der Waals surface area contributed by atoms with Crippen molar-refractivity contribution in [1.29, 1.82) is 0 Å². The fourth-order valence-corrected chi connectivity index (χ4v) is 4.00. The molecule has 5 nitrogen and oxygen atoms in total. The first-order valence-electron chi connectivity index (χ1n) is 10.2. The molecule has 152 valence electrons. The Morgan fingerprint density at radius 2 is 2.14 bits per heavy atom. The quantitative estimate of drug-likeness (QED) is 0.693. The highest BCUT2D eigenvalue weighted by Crippen LogP contribution is 2.27. The van der Waals surface area contributed by atoms with E-state index < -0.39 is 0 Å². The topological polar surface area (TPSA) is 41.4 Å². The van der Waals surface area contributed by atoms with Crippen LogP contribution < -0.4 is 0 Å². The summed E-state index contributed by atoms with van der Waals surface area (Å²) in [5, 5.41) is 5.64. The Morgan fingerprint density at radius 3 is 2.82 bits per heavy atom. The molecule has 1 aliphatic heterocycles. The molecule has 0 N–H and O–H groups in total. The number of benzene rings is 1. The second-order valence-corrected chi connectivity index (χ2v) is 8.57. The van der Waals surface area contributed by atoms with Gasteiger partial charge in [-0.2, -0.15) is 5.10 Å². The largest absolute Gasteiger partial charge is 0.340 e. The summed E-state index contributed by atoms with van der Waals surface area (Å²) < 4.78 is 2.03. The van der Waals surface area contributed by atoms with Crippen LogP contribution in [0, 0.1) is 5.92 Å². The fourth-order valence-electron chi connectivity index (χ4n) is 3.82. The molecule has 0 unspecified atom stereocenters. The zero-order valence-corrected chi connectivity index (χ0v) is 18.2. The van der Waals surface area contributed by atoms with E-state index in [0.29, 0.717) is 23.9 Å². The van der Waals surface area contributed by atoms with Crippen LogP contribution in [-0.2, 0) is 24.3 Å². The Hall–Kier alpha value is -1.85. The predicted octanol–water partition coefficient (Wildman–Crippen LogP) is 4.30. The van der Waals surface area contributed by atoms with Gasteiger partial charge in [-0.05, 0) is 37.1 Å². The lowest BCUT2D eigenvalue weighted by Gasteiger charge is -2.27. The lowest BCUT2D eigenvalue weighted by molar-refractivity contribution is -0.131. The first-order chi connectivity index (χ1) is 13.4. The molecular formula is C22H31ClN4O. The van der Waals surface area contributed by atoms with E-state index in [1.54, 1.807) is 0 Å². The molecule has 3 rings (SSSR count). The van der Waals surface area contributed by atoms with E-state index >= 15 is 0 Å². The van der Waals surface area contributed by atoms with E-state index in [1.807, 2.05) is 40.9 Å². The van der Waals surface area contributed by atoms with Gasteiger partial charge in [0.05, 0.1) is 23.6 Å². The van der Waals surface area contributed by atoms with Crippen LogP contribution in [0.3, 0.4) is 0 Å². The standard InChI is InChI=1S/C22H31ClN4O/c1-5-10-26-11-9-21-19(14-26)20(15-25(4)22(28)12-16(2)3)24-27(21)18-8-6-7-17(23)13-18/h6-8,13,16H,5,9-12,14-15H2,1-4H3. The number of hydrogen-bond acceptors (Lipinski definition) is 3. The summed E-state index contributed by atoms with van der Waals surface area (Å²) in [6, 6.07) is 7.82. The monoisotopic (exact) mass is 402 g/mol. The molecule has 2 heterocycles. The van der Waals surface area contributed by atoms with Gasteiger partial charge in [-0.25, -0.2) is 4.68 Å². The van der Waals surface area contributed by atoms with Gasteiger partial charge in [0.15, 0.2) is 0 Å². The zero-order valence-electron chi connectivity index (χ0n) is 17.4. The Morgan fingerprint density at radius 1 is 1.36 bits per heavy atom. The molecule has 0 radical (unpaired) electrons. The summed E-state index contributed by atoms with van der Waals surface area (Å²) in [5.41, 5.74) is 4.49. The van der Waals surface area contributed by atoms with Crippen LogP contribution in [0.25, 0.3) is 5.69 Å². The average molecular weight is 403 g/mol. The van der Waals surface area contributed by atoms with Gasteiger partial charge in [0.1, 0.15) is 0 Å². The Bertz CT molecular complexity index is 830. The molecule has 0 saturated heterocycles. The molecule has 0 bridgehead atoms. The third-order valence-corrected chi connectivity index (χ3v) is 5.44. The van der Waals surface area contributed by atoms with Crippen molar-refractivity contribution in [2.24, 2.45) is 5.92 Å². The van der Waals surface area contributed by atoms with Gasteiger partial charge < -0.3 is 4.90 Å². The van der Waals surface area contributed by atoms with Crippen LogP contribution in [0.5, 0.6) is 0 Å². The van der Waals surface area contributed by atoms with Crippen molar-refractivity contribution in [1.82, 2.24) is 19.6 Å². The van der Waals surface area contributed by atoms with Crippen molar-refractivity contribution in [3.8, 4) is 5.69 Å². The smallest absolute Gasteiger partial charge is 0.222 e. The Kier molecular flexibility index (Phi) is 6.78. The maximum atomic E-state index is 12.5. The molecule has 1 aromatic heterocycles. The number of carbonyl (C=O) groups is 1. The van der Waals surface area contributed by atoms with Crippen molar-refractivity contribution in [2.75, 3.05) is 20.1 Å². The van der Waals surface area contributed by atoms with E-state index in [4.69, 9.17) is 16.7 Å². The summed E-state index contributed by atoms with van der Waals surface area (Å²) >= 11 is 6.22. The maximum absolute atomic E-state index is 12.5. The van der Waals surface area contributed by atoms with Crippen LogP contribution in [0.2, 0.25) is 5.02 Å². The van der Waals surface area contributed by atoms with Crippen LogP contribution in [0.1, 0.15) is 50.6 Å². The van der Waals surface area contributed by atoms with Gasteiger partial charge in [0.2, 0.25) is 5.91 Å². The number of amides is 1. The number of aromatic nitrogens is 2. The highest BCUT2D eigenvalue weighted by molar-refractivity contribution is 6.30. The molecule has 1 aliphatic rings. The molecule has 0 aliphatic carbocycles. The average Bonchev–Trinajstić information content (AvgIpc) is 2.99. The number of nitrogens with zero attached hydrogens (tertiary/aromatic N) is 4. The van der Waals surface area contributed by atoms with Crippen LogP contribution in [-0.4, -0.2) is 45.6 Å². The number of rotatable bonds is 7. The molecule has 6 heteroatoms. The summed E-state index contributed by atoms with van der Waals surface area (Å²) in [6.45, 7) is 9.92. The minimum absolute atomic E-state index is 0.169. The first-order valence-corrected chi connectivity index (χ1v) is 10.6. The minimum atomic E-state index is 0.169. The second kappa shape index (κ2) is 9.10. The molecule has 2 aromatic rings. The van der Waals surface area contributed by atoms with E-state index in [1.165, 1.54) is 11.3 Å². The van der Waals surface area contributed by atoms with Gasteiger partial charge >= 0.3 is 0 Å². The number of fused-ring (bicyclic) bond motifs is 1. The van der Waals surface area contributed by atoms with E-state index in [0.717, 1.165) is 43.9 Å². The fraction of sp³-hybridized carbons (Fsp3) is 0.545. The van der Waals surface area contributed by atoms with Gasteiger partial charge in [-0.15, -0.1) is 0 Å². The van der Waals surface area contributed by atoms with Crippen molar-refractivity contribution >= 4 is 17.5 Å². The highest BCUT2D eigenvalue weighted by Gasteiger charge is 2.26. The molecule has 0 fully saturated rings. The van der Waals surface area contributed by atoms with Gasteiger partial charge in [-0.1, -0.05) is 38.4 Å². The SMILES string of the molecule is CCCN1CCc2c(c(CN(C)C(=O)CC(C)C)nn2-c2cccc(Cl)c2)C1. The van der Waals surface area contributed by atoms with Crippen molar-refractivity contribution in [3.05, 3.63) is 46.2 Å². The summed E-state index contributed by atoms with van der Waals surface area (Å²) in [7, 11) is 1.88. The lowest BCUT2D eigenvalue weighted by atomic mass is 10.0. The van der Waals surface area contributed by atoms with E-state index in [-0.39, 0.29) is 5.91 Å². The van der Waals surface area contributed by atoms with Gasteiger partial charge in [-0.3, -0.25) is 9.69 Å². The molecule has 28 heavy (non-hydrogen) atoms. The zero-order chi connectivity index (χ0) is 20.3. The van der Waals surface area contributed by atoms with Crippen molar-refractivity contribution in [2.45, 2.75) is 53.1 Å². The molecular weight excluding hydrogens is 372 g/mol. The van der Waals surface area contributed by atoms with Crippen LogP contribution in [0.15, 0.2) is 24.3 Å². The Balaban J connectivity index is 1.94.